The molecule has 0 saturated heterocycles. The van der Waals surface area contributed by atoms with Gasteiger partial charge < -0.3 is 4.74 Å². The minimum Gasteiger partial charge on any atom is -0.452 e. The number of carbonyl (C=O) groups is 1. The van der Waals surface area contributed by atoms with Gasteiger partial charge in [0.05, 0.1) is 16.9 Å². The zero-order valence-electron chi connectivity index (χ0n) is 11.2. The van der Waals surface area contributed by atoms with Crippen LogP contribution in [0.5, 0.6) is 0 Å². The first kappa shape index (κ1) is 13.7. The highest BCUT2D eigenvalue weighted by molar-refractivity contribution is 7.13. The summed E-state index contributed by atoms with van der Waals surface area (Å²) < 4.78 is 5.38. The molecule has 2 heterocycles. The Kier molecular flexibility index (Phi) is 4.27. The lowest BCUT2D eigenvalue weighted by Crippen LogP contribution is -2.08. The molecular formula is C14H16N2O2S. The van der Waals surface area contributed by atoms with Crippen molar-refractivity contribution in [1.29, 1.82) is 0 Å². The van der Waals surface area contributed by atoms with Gasteiger partial charge in [0.2, 0.25) is 0 Å². The molecule has 0 aliphatic carbocycles. The number of carbonyl (C=O) groups excluding carboxylic acids is 1. The van der Waals surface area contributed by atoms with Crippen LogP contribution in [-0.2, 0) is 4.74 Å². The van der Waals surface area contributed by atoms with E-state index in [0.29, 0.717) is 10.8 Å². The third-order valence-corrected chi connectivity index (χ3v) is 3.88. The summed E-state index contributed by atoms with van der Waals surface area (Å²) in [5, 5.41) is 0.942. The maximum absolute atomic E-state index is 12.0. The van der Waals surface area contributed by atoms with Crippen molar-refractivity contribution in [3.63, 3.8) is 0 Å². The summed E-state index contributed by atoms with van der Waals surface area (Å²) in [6.45, 7) is 5.90. The first-order valence-electron chi connectivity index (χ1n) is 6.15. The summed E-state index contributed by atoms with van der Waals surface area (Å²) in [5.74, 6) is -0.0256. The fraction of sp³-hybridized carbons (Fsp3) is 0.357. The molecule has 1 unspecified atom stereocenters. The van der Waals surface area contributed by atoms with Crippen molar-refractivity contribution in [2.45, 2.75) is 32.8 Å². The van der Waals surface area contributed by atoms with Crippen molar-refractivity contribution in [3.8, 4) is 0 Å². The maximum atomic E-state index is 12.0. The average Bonchev–Trinajstić information content (AvgIpc) is 2.89. The molecule has 0 bridgehead atoms. The standard InChI is InChI=1S/C14H16N2O2S/c1-9(2)13-16-8-12(19-13)14(17)18-10(3)11-6-4-5-7-15-11/h4-10H,1-3H3. The zero-order valence-corrected chi connectivity index (χ0v) is 12.0. The van der Waals surface area contributed by atoms with E-state index in [9.17, 15) is 4.79 Å². The van der Waals surface area contributed by atoms with Crippen molar-refractivity contribution in [1.82, 2.24) is 9.97 Å². The van der Waals surface area contributed by atoms with Gasteiger partial charge in [0.1, 0.15) is 11.0 Å². The fourth-order valence-corrected chi connectivity index (χ4v) is 2.35. The van der Waals surface area contributed by atoms with Gasteiger partial charge in [0.25, 0.3) is 0 Å². The first-order valence-corrected chi connectivity index (χ1v) is 6.97. The van der Waals surface area contributed by atoms with Gasteiger partial charge in [-0.25, -0.2) is 9.78 Å². The van der Waals surface area contributed by atoms with E-state index in [-0.39, 0.29) is 12.1 Å². The molecule has 5 heteroatoms. The molecule has 19 heavy (non-hydrogen) atoms. The Balaban J connectivity index is 2.04. The van der Waals surface area contributed by atoms with Crippen LogP contribution in [0.4, 0.5) is 0 Å². The highest BCUT2D eigenvalue weighted by atomic mass is 32.1. The molecule has 0 aromatic carbocycles. The van der Waals surface area contributed by atoms with Crippen molar-refractivity contribution in [3.05, 3.63) is 46.2 Å². The summed E-state index contributed by atoms with van der Waals surface area (Å²) in [6.07, 6.45) is 2.90. The number of hydrogen-bond acceptors (Lipinski definition) is 5. The summed E-state index contributed by atoms with van der Waals surface area (Å²) in [4.78, 5) is 20.9. The summed E-state index contributed by atoms with van der Waals surface area (Å²) in [7, 11) is 0. The molecule has 1 atom stereocenters. The molecule has 0 radical (unpaired) electrons. The van der Waals surface area contributed by atoms with Crippen LogP contribution in [-0.4, -0.2) is 15.9 Å². The van der Waals surface area contributed by atoms with Crippen LogP contribution >= 0.6 is 11.3 Å². The van der Waals surface area contributed by atoms with Crippen molar-refractivity contribution < 1.29 is 9.53 Å². The van der Waals surface area contributed by atoms with E-state index >= 15 is 0 Å². The molecule has 100 valence electrons. The highest BCUT2D eigenvalue weighted by Crippen LogP contribution is 2.23. The Morgan fingerprint density at radius 3 is 2.63 bits per heavy atom. The third kappa shape index (κ3) is 3.38. The second kappa shape index (κ2) is 5.93. The van der Waals surface area contributed by atoms with E-state index in [1.54, 1.807) is 12.4 Å². The Morgan fingerprint density at radius 2 is 2.05 bits per heavy atom. The molecule has 2 aromatic rings. The Morgan fingerprint density at radius 1 is 1.26 bits per heavy atom. The number of ether oxygens (including phenoxy) is 1. The minimum atomic E-state index is -0.363. The predicted molar refractivity (Wildman–Crippen MR) is 74.3 cm³/mol. The van der Waals surface area contributed by atoms with Crippen molar-refractivity contribution >= 4 is 17.3 Å². The number of rotatable bonds is 4. The van der Waals surface area contributed by atoms with Crippen molar-refractivity contribution in [2.24, 2.45) is 0 Å². The maximum Gasteiger partial charge on any atom is 0.350 e. The second-order valence-electron chi connectivity index (χ2n) is 4.52. The third-order valence-electron chi connectivity index (χ3n) is 2.61. The van der Waals surface area contributed by atoms with Gasteiger partial charge in [-0.2, -0.15) is 0 Å². The van der Waals surface area contributed by atoms with Gasteiger partial charge >= 0.3 is 5.97 Å². The van der Waals surface area contributed by atoms with Crippen molar-refractivity contribution in [2.75, 3.05) is 0 Å². The molecule has 2 aromatic heterocycles. The van der Waals surface area contributed by atoms with Gasteiger partial charge in [-0.3, -0.25) is 4.98 Å². The SMILES string of the molecule is CC(C)c1ncc(C(=O)OC(C)c2ccccn2)s1. The lowest BCUT2D eigenvalue weighted by atomic mass is 10.2. The molecule has 0 aliphatic rings. The normalized spacial score (nSPS) is 12.4. The van der Waals surface area contributed by atoms with E-state index in [4.69, 9.17) is 4.74 Å². The number of nitrogens with zero attached hydrogens (tertiary/aromatic N) is 2. The summed E-state index contributed by atoms with van der Waals surface area (Å²) in [5.41, 5.74) is 0.740. The van der Waals surface area contributed by atoms with E-state index in [1.807, 2.05) is 39.0 Å². The van der Waals surface area contributed by atoms with Crippen LogP contribution in [0.2, 0.25) is 0 Å². The molecule has 0 N–H and O–H groups in total. The van der Waals surface area contributed by atoms with Crippen LogP contribution in [0.25, 0.3) is 0 Å². The van der Waals surface area contributed by atoms with Crippen LogP contribution in [0.15, 0.2) is 30.6 Å². The largest absolute Gasteiger partial charge is 0.452 e. The van der Waals surface area contributed by atoms with Gasteiger partial charge in [0.15, 0.2) is 0 Å². The summed E-state index contributed by atoms with van der Waals surface area (Å²) >= 11 is 1.38. The second-order valence-corrected chi connectivity index (χ2v) is 5.58. The lowest BCUT2D eigenvalue weighted by molar-refractivity contribution is 0.0335. The fourth-order valence-electron chi connectivity index (χ4n) is 1.54. The zero-order chi connectivity index (χ0) is 13.8. The number of pyridine rings is 1. The lowest BCUT2D eigenvalue weighted by Gasteiger charge is -2.11. The molecule has 0 fully saturated rings. The van der Waals surface area contributed by atoms with Crippen LogP contribution < -0.4 is 0 Å². The molecule has 0 spiro atoms. The van der Waals surface area contributed by atoms with E-state index < -0.39 is 0 Å². The van der Waals surface area contributed by atoms with Crippen LogP contribution in [0.3, 0.4) is 0 Å². The minimum absolute atomic E-state index is 0.319. The molecule has 0 saturated carbocycles. The Hall–Kier alpha value is -1.75. The topological polar surface area (TPSA) is 52.1 Å². The van der Waals surface area contributed by atoms with Gasteiger partial charge in [-0.1, -0.05) is 19.9 Å². The highest BCUT2D eigenvalue weighted by Gasteiger charge is 2.17. The Bertz CT molecular complexity index is 552. The van der Waals surface area contributed by atoms with E-state index in [0.717, 1.165) is 10.7 Å². The van der Waals surface area contributed by atoms with Gasteiger partial charge in [0, 0.05) is 12.1 Å². The van der Waals surface area contributed by atoms with E-state index in [1.165, 1.54) is 11.3 Å². The van der Waals surface area contributed by atoms with Crippen LogP contribution in [0.1, 0.15) is 53.2 Å². The van der Waals surface area contributed by atoms with Gasteiger partial charge in [-0.05, 0) is 19.1 Å². The molecule has 0 aliphatic heterocycles. The average molecular weight is 276 g/mol. The van der Waals surface area contributed by atoms with E-state index in [2.05, 4.69) is 9.97 Å². The molecular weight excluding hydrogens is 260 g/mol. The summed E-state index contributed by atoms with van der Waals surface area (Å²) in [6, 6.07) is 5.54. The number of esters is 1. The van der Waals surface area contributed by atoms with Crippen LogP contribution in [0, 0.1) is 0 Å². The monoisotopic (exact) mass is 276 g/mol. The molecule has 0 amide bonds. The molecule has 4 nitrogen and oxygen atoms in total. The smallest absolute Gasteiger partial charge is 0.350 e. The number of thiazole rings is 1. The number of hydrogen-bond donors (Lipinski definition) is 0. The Labute approximate surface area is 116 Å². The molecule has 2 rings (SSSR count). The number of aromatic nitrogens is 2. The van der Waals surface area contributed by atoms with Gasteiger partial charge in [-0.15, -0.1) is 11.3 Å². The predicted octanol–water partition coefficient (Wildman–Crippen LogP) is 3.58. The quantitative estimate of drug-likeness (QED) is 0.801. The first-order chi connectivity index (χ1) is 9.08.